The van der Waals surface area contributed by atoms with E-state index in [1.807, 2.05) is 20.8 Å². The zero-order valence-corrected chi connectivity index (χ0v) is 20.5. The molecule has 0 spiro atoms. The summed E-state index contributed by atoms with van der Waals surface area (Å²) in [6.45, 7) is 6.39. The lowest BCUT2D eigenvalue weighted by molar-refractivity contribution is -0.161. The Hall–Kier alpha value is -3.07. The molecule has 1 saturated carbocycles. The third-order valence-electron chi connectivity index (χ3n) is 6.38. The van der Waals surface area contributed by atoms with Crippen molar-refractivity contribution in [2.24, 2.45) is 5.92 Å². The van der Waals surface area contributed by atoms with Gasteiger partial charge < -0.3 is 20.1 Å². The molecule has 1 aromatic carbocycles. The van der Waals surface area contributed by atoms with Crippen molar-refractivity contribution >= 4 is 17.8 Å². The SMILES string of the molecule is CC(C)(C)OC(=O)[C@H]1CC[C@H](Nc2ncc(F)c(-c3cccc(C(=O)N4CC[C@H](O)C4)c3)n2)CC1. The number of likely N-dealkylation sites (tertiary alicyclic amines) is 1. The van der Waals surface area contributed by atoms with E-state index in [1.165, 1.54) is 0 Å². The van der Waals surface area contributed by atoms with Crippen molar-refractivity contribution in [1.82, 2.24) is 14.9 Å². The zero-order valence-electron chi connectivity index (χ0n) is 20.5. The number of β-amino-alcohol motifs (C(OH)–C–C–N with tert-alkyl or cyclic N) is 1. The first-order valence-corrected chi connectivity index (χ1v) is 12.2. The van der Waals surface area contributed by atoms with E-state index in [0.29, 0.717) is 49.4 Å². The molecule has 2 fully saturated rings. The summed E-state index contributed by atoms with van der Waals surface area (Å²) in [5.41, 5.74) is 0.514. The van der Waals surface area contributed by atoms with Crippen LogP contribution in [0.5, 0.6) is 0 Å². The first kappa shape index (κ1) is 25.0. The van der Waals surface area contributed by atoms with Gasteiger partial charge in [0.15, 0.2) is 5.82 Å². The number of nitrogens with one attached hydrogen (secondary N) is 1. The number of nitrogens with zero attached hydrogens (tertiary/aromatic N) is 3. The van der Waals surface area contributed by atoms with Gasteiger partial charge in [-0.15, -0.1) is 0 Å². The molecule has 1 aliphatic carbocycles. The fourth-order valence-electron chi connectivity index (χ4n) is 4.59. The molecule has 2 aliphatic rings. The van der Waals surface area contributed by atoms with Crippen LogP contribution in [-0.2, 0) is 9.53 Å². The molecule has 2 heterocycles. The van der Waals surface area contributed by atoms with E-state index in [4.69, 9.17) is 4.74 Å². The number of amides is 1. The minimum absolute atomic E-state index is 0.0708. The normalized spacial score (nSPS) is 22.7. The molecule has 8 nitrogen and oxygen atoms in total. The van der Waals surface area contributed by atoms with Gasteiger partial charge in [-0.05, 0) is 65.0 Å². The second-order valence-electron chi connectivity index (χ2n) is 10.4. The number of esters is 1. The topological polar surface area (TPSA) is 105 Å². The summed E-state index contributed by atoms with van der Waals surface area (Å²) in [6, 6.07) is 6.77. The van der Waals surface area contributed by atoms with Gasteiger partial charge in [0.2, 0.25) is 5.95 Å². The van der Waals surface area contributed by atoms with Gasteiger partial charge in [0.05, 0.1) is 18.2 Å². The van der Waals surface area contributed by atoms with E-state index >= 15 is 0 Å². The molecule has 188 valence electrons. The Bertz CT molecular complexity index is 1080. The van der Waals surface area contributed by atoms with Gasteiger partial charge in [0.25, 0.3) is 5.91 Å². The third kappa shape index (κ3) is 6.33. The van der Waals surface area contributed by atoms with Crippen molar-refractivity contribution < 1.29 is 23.8 Å². The Labute approximate surface area is 204 Å². The van der Waals surface area contributed by atoms with Crippen molar-refractivity contribution in [2.75, 3.05) is 18.4 Å². The van der Waals surface area contributed by atoms with Gasteiger partial charge >= 0.3 is 5.97 Å². The van der Waals surface area contributed by atoms with Crippen LogP contribution in [0.15, 0.2) is 30.5 Å². The summed E-state index contributed by atoms with van der Waals surface area (Å²) in [5, 5.41) is 13.0. The Morgan fingerprint density at radius 3 is 2.57 bits per heavy atom. The molecule has 0 unspecified atom stereocenters. The smallest absolute Gasteiger partial charge is 0.309 e. The zero-order chi connectivity index (χ0) is 25.2. The van der Waals surface area contributed by atoms with Crippen LogP contribution in [0.1, 0.15) is 63.2 Å². The van der Waals surface area contributed by atoms with Crippen LogP contribution >= 0.6 is 0 Å². The second kappa shape index (κ2) is 10.3. The highest BCUT2D eigenvalue weighted by Gasteiger charge is 2.30. The Morgan fingerprint density at radius 1 is 1.17 bits per heavy atom. The van der Waals surface area contributed by atoms with E-state index < -0.39 is 17.5 Å². The molecular weight excluding hydrogens is 451 g/mol. The number of aliphatic hydroxyl groups excluding tert-OH is 1. The molecule has 1 aliphatic heterocycles. The Balaban J connectivity index is 1.42. The molecule has 1 saturated heterocycles. The molecule has 2 N–H and O–H groups in total. The number of aromatic nitrogens is 2. The lowest BCUT2D eigenvalue weighted by Gasteiger charge is -2.30. The van der Waals surface area contributed by atoms with E-state index in [0.717, 1.165) is 19.0 Å². The number of benzene rings is 1. The van der Waals surface area contributed by atoms with Crippen LogP contribution in [0.2, 0.25) is 0 Å². The fourth-order valence-corrected chi connectivity index (χ4v) is 4.59. The summed E-state index contributed by atoms with van der Waals surface area (Å²) < 4.78 is 20.2. The molecule has 0 radical (unpaired) electrons. The van der Waals surface area contributed by atoms with Gasteiger partial charge in [-0.25, -0.2) is 14.4 Å². The summed E-state index contributed by atoms with van der Waals surface area (Å²) in [7, 11) is 0. The van der Waals surface area contributed by atoms with Crippen LogP contribution in [0, 0.1) is 11.7 Å². The number of carbonyl (C=O) groups excluding carboxylic acids is 2. The van der Waals surface area contributed by atoms with Crippen molar-refractivity contribution in [2.45, 2.75) is 70.6 Å². The predicted octanol–water partition coefficient (Wildman–Crippen LogP) is 3.80. The highest BCUT2D eigenvalue weighted by Crippen LogP contribution is 2.29. The molecule has 9 heteroatoms. The maximum atomic E-state index is 14.7. The highest BCUT2D eigenvalue weighted by atomic mass is 19.1. The molecule has 35 heavy (non-hydrogen) atoms. The summed E-state index contributed by atoms with van der Waals surface area (Å²) in [6.07, 6.45) is 4.10. The lowest BCUT2D eigenvalue weighted by Crippen LogP contribution is -2.34. The van der Waals surface area contributed by atoms with Crippen molar-refractivity contribution in [3.8, 4) is 11.3 Å². The molecule has 1 atom stereocenters. The summed E-state index contributed by atoms with van der Waals surface area (Å²) in [4.78, 5) is 35.2. The van der Waals surface area contributed by atoms with Crippen LogP contribution in [0.3, 0.4) is 0 Å². The monoisotopic (exact) mass is 484 g/mol. The van der Waals surface area contributed by atoms with E-state index in [9.17, 15) is 19.1 Å². The fraction of sp³-hybridized carbons (Fsp3) is 0.538. The standard InChI is InChI=1S/C26H33FN4O4/c1-26(2,3)35-24(34)16-7-9-19(10-8-16)29-25-28-14-21(27)22(30-25)17-5-4-6-18(13-17)23(33)31-12-11-20(32)15-31/h4-6,13-14,16,19-20,32H,7-12,15H2,1-3H3,(H,28,29,30)/t16-,19-,20-/m0/s1. The van der Waals surface area contributed by atoms with Crippen molar-refractivity contribution in [1.29, 1.82) is 0 Å². The molecule has 0 bridgehead atoms. The Kier molecular flexibility index (Phi) is 7.35. The van der Waals surface area contributed by atoms with Gasteiger partial charge in [-0.1, -0.05) is 12.1 Å². The predicted molar refractivity (Wildman–Crippen MR) is 129 cm³/mol. The molecule has 2 aromatic rings. The maximum Gasteiger partial charge on any atom is 0.309 e. The number of rotatable bonds is 5. The number of ether oxygens (including phenoxy) is 1. The molecular formula is C26H33FN4O4. The highest BCUT2D eigenvalue weighted by molar-refractivity contribution is 5.95. The molecule has 4 rings (SSSR count). The number of halogens is 1. The summed E-state index contributed by atoms with van der Waals surface area (Å²) >= 11 is 0. The lowest BCUT2D eigenvalue weighted by atomic mass is 9.86. The quantitative estimate of drug-likeness (QED) is 0.622. The minimum Gasteiger partial charge on any atom is -0.460 e. The Morgan fingerprint density at radius 2 is 1.91 bits per heavy atom. The minimum atomic E-state index is -0.578. The number of hydrogen-bond donors (Lipinski definition) is 2. The van der Waals surface area contributed by atoms with Crippen LogP contribution in [-0.4, -0.2) is 62.7 Å². The van der Waals surface area contributed by atoms with E-state index in [1.54, 1.807) is 29.2 Å². The van der Waals surface area contributed by atoms with Crippen molar-refractivity contribution in [3.05, 3.63) is 41.8 Å². The molecule has 1 aromatic heterocycles. The van der Waals surface area contributed by atoms with Crippen LogP contribution < -0.4 is 5.32 Å². The van der Waals surface area contributed by atoms with Gasteiger partial charge in [0, 0.05) is 30.3 Å². The third-order valence-corrected chi connectivity index (χ3v) is 6.38. The maximum absolute atomic E-state index is 14.7. The van der Waals surface area contributed by atoms with E-state index in [-0.39, 0.29) is 29.5 Å². The van der Waals surface area contributed by atoms with Gasteiger partial charge in [-0.3, -0.25) is 9.59 Å². The first-order chi connectivity index (χ1) is 16.6. The van der Waals surface area contributed by atoms with Gasteiger partial charge in [0.1, 0.15) is 11.3 Å². The summed E-state index contributed by atoms with van der Waals surface area (Å²) in [5.74, 6) is -0.743. The number of hydrogen-bond acceptors (Lipinski definition) is 7. The number of aliphatic hydroxyl groups is 1. The average Bonchev–Trinajstić information content (AvgIpc) is 3.25. The van der Waals surface area contributed by atoms with E-state index in [2.05, 4.69) is 15.3 Å². The number of anilines is 1. The number of carbonyl (C=O) groups is 2. The molecule has 1 amide bonds. The first-order valence-electron chi connectivity index (χ1n) is 12.2. The van der Waals surface area contributed by atoms with Crippen LogP contribution in [0.4, 0.5) is 10.3 Å². The van der Waals surface area contributed by atoms with Crippen LogP contribution in [0.25, 0.3) is 11.3 Å². The average molecular weight is 485 g/mol. The van der Waals surface area contributed by atoms with Gasteiger partial charge in [-0.2, -0.15) is 0 Å². The second-order valence-corrected chi connectivity index (χ2v) is 10.4. The van der Waals surface area contributed by atoms with Crippen molar-refractivity contribution in [3.63, 3.8) is 0 Å². The largest absolute Gasteiger partial charge is 0.460 e.